The van der Waals surface area contributed by atoms with Crippen LogP contribution in [0.1, 0.15) is 58.9 Å². The van der Waals surface area contributed by atoms with E-state index in [2.05, 4.69) is 5.32 Å². The molecule has 0 atom stereocenters. The van der Waals surface area contributed by atoms with Crippen molar-refractivity contribution in [3.8, 4) is 0 Å². The minimum Gasteiger partial charge on any atom is -0.398 e. The maximum atomic E-state index is 15.4. The molecule has 3 rings (SSSR count). The molecule has 5 heteroatoms. The van der Waals surface area contributed by atoms with E-state index in [9.17, 15) is 0 Å². The molecule has 0 aromatic heterocycles. The van der Waals surface area contributed by atoms with Crippen LogP contribution in [0, 0.1) is 0 Å². The topological polar surface area (TPSA) is 30.5 Å². The van der Waals surface area contributed by atoms with Gasteiger partial charge in [0.05, 0.1) is 11.2 Å². The Kier molecular flexibility index (Phi) is 5.38. The van der Waals surface area contributed by atoms with Crippen molar-refractivity contribution in [3.05, 3.63) is 41.6 Å². The van der Waals surface area contributed by atoms with E-state index in [1.54, 1.807) is 0 Å². The molecule has 1 aliphatic carbocycles. The summed E-state index contributed by atoms with van der Waals surface area (Å²) in [6, 6.07) is 10.2. The Hall–Kier alpha value is -1.17. The molecule has 25 heavy (non-hydrogen) atoms. The van der Waals surface area contributed by atoms with Gasteiger partial charge < -0.3 is 14.6 Å². The van der Waals surface area contributed by atoms with Crippen molar-refractivity contribution in [1.82, 2.24) is 5.32 Å². The highest BCUT2D eigenvalue weighted by Crippen LogP contribution is 2.40. The SMILES string of the molecule is CC1(C)OB(C(F)=C(CNC2CCCC2)c2ccccc2)OC1(C)C. The molecular weight excluding hydrogens is 316 g/mol. The van der Waals surface area contributed by atoms with Gasteiger partial charge in [-0.3, -0.25) is 0 Å². The smallest absolute Gasteiger partial charge is 0.398 e. The Morgan fingerprint density at radius 3 is 2.20 bits per heavy atom. The van der Waals surface area contributed by atoms with Gasteiger partial charge in [0, 0.05) is 18.2 Å². The van der Waals surface area contributed by atoms with Gasteiger partial charge in [0.25, 0.3) is 0 Å². The number of hydrogen-bond acceptors (Lipinski definition) is 3. The van der Waals surface area contributed by atoms with E-state index in [1.165, 1.54) is 25.7 Å². The monoisotopic (exact) mass is 345 g/mol. The zero-order valence-corrected chi connectivity index (χ0v) is 15.8. The molecular formula is C20H29BFNO2. The Bertz CT molecular complexity index is 608. The van der Waals surface area contributed by atoms with Gasteiger partial charge in [0.2, 0.25) is 0 Å². The summed E-state index contributed by atoms with van der Waals surface area (Å²) in [5.74, 6) is 0. The van der Waals surface area contributed by atoms with Crippen molar-refractivity contribution in [2.75, 3.05) is 6.54 Å². The molecule has 1 saturated heterocycles. The molecule has 0 radical (unpaired) electrons. The summed E-state index contributed by atoms with van der Waals surface area (Å²) in [4.78, 5) is 0. The highest BCUT2D eigenvalue weighted by molar-refractivity contribution is 6.55. The van der Waals surface area contributed by atoms with E-state index < -0.39 is 18.3 Å². The van der Waals surface area contributed by atoms with Crippen LogP contribution in [0.4, 0.5) is 4.39 Å². The molecule has 1 N–H and O–H groups in total. The number of rotatable bonds is 5. The second kappa shape index (κ2) is 7.22. The highest BCUT2D eigenvalue weighted by Gasteiger charge is 2.53. The fourth-order valence-electron chi connectivity index (χ4n) is 3.43. The lowest BCUT2D eigenvalue weighted by atomic mass is 9.82. The first-order chi connectivity index (χ1) is 11.8. The van der Waals surface area contributed by atoms with E-state index >= 15 is 4.39 Å². The van der Waals surface area contributed by atoms with Crippen LogP contribution in [0.15, 0.2) is 36.1 Å². The fourth-order valence-corrected chi connectivity index (χ4v) is 3.43. The van der Waals surface area contributed by atoms with Gasteiger partial charge in [-0.2, -0.15) is 0 Å². The van der Waals surface area contributed by atoms with Crippen LogP contribution in [0.2, 0.25) is 0 Å². The van der Waals surface area contributed by atoms with Crippen LogP contribution in [-0.4, -0.2) is 30.9 Å². The first-order valence-electron chi connectivity index (χ1n) is 9.33. The average molecular weight is 345 g/mol. The zero-order valence-electron chi connectivity index (χ0n) is 15.8. The molecule has 0 spiro atoms. The molecule has 1 aromatic carbocycles. The third-order valence-corrected chi connectivity index (χ3v) is 5.79. The Labute approximate surface area is 151 Å². The second-order valence-corrected chi connectivity index (χ2v) is 8.14. The van der Waals surface area contributed by atoms with E-state index in [-0.39, 0.29) is 5.73 Å². The van der Waals surface area contributed by atoms with Crippen LogP contribution in [0.5, 0.6) is 0 Å². The maximum absolute atomic E-state index is 15.4. The zero-order chi connectivity index (χ0) is 18.1. The molecule has 3 nitrogen and oxygen atoms in total. The summed E-state index contributed by atoms with van der Waals surface area (Å²) in [6.45, 7) is 8.27. The van der Waals surface area contributed by atoms with Crippen molar-refractivity contribution < 1.29 is 13.7 Å². The lowest BCUT2D eigenvalue weighted by Crippen LogP contribution is -2.41. The number of benzene rings is 1. The number of nitrogens with one attached hydrogen (secondary N) is 1. The standard InChI is InChI=1S/C20H29BFNO2/c1-19(2)20(3,4)25-21(24-19)18(22)17(15-10-6-5-7-11-15)14-23-16-12-8-9-13-16/h5-7,10-11,16,23H,8-9,12-14H2,1-4H3. The van der Waals surface area contributed by atoms with Gasteiger partial charge in [0.15, 0.2) is 0 Å². The van der Waals surface area contributed by atoms with Gasteiger partial charge in [-0.25, -0.2) is 4.39 Å². The van der Waals surface area contributed by atoms with Crippen LogP contribution in [0.3, 0.4) is 0 Å². The van der Waals surface area contributed by atoms with Crippen molar-refractivity contribution in [2.24, 2.45) is 0 Å². The predicted molar refractivity (Wildman–Crippen MR) is 101 cm³/mol. The summed E-state index contributed by atoms with van der Waals surface area (Å²) in [5, 5.41) is 3.52. The molecule has 1 heterocycles. The third-order valence-electron chi connectivity index (χ3n) is 5.79. The molecule has 1 aromatic rings. The van der Waals surface area contributed by atoms with Crippen LogP contribution in [0.25, 0.3) is 5.57 Å². The molecule has 0 amide bonds. The second-order valence-electron chi connectivity index (χ2n) is 8.14. The lowest BCUT2D eigenvalue weighted by molar-refractivity contribution is 0.00578. The molecule has 0 unspecified atom stereocenters. The van der Waals surface area contributed by atoms with Crippen molar-refractivity contribution in [3.63, 3.8) is 0 Å². The van der Waals surface area contributed by atoms with Crippen LogP contribution >= 0.6 is 0 Å². The van der Waals surface area contributed by atoms with Gasteiger partial charge >= 0.3 is 7.12 Å². The van der Waals surface area contributed by atoms with E-state index in [4.69, 9.17) is 9.31 Å². The molecule has 1 aliphatic heterocycles. The van der Waals surface area contributed by atoms with Gasteiger partial charge in [0.1, 0.15) is 5.73 Å². The van der Waals surface area contributed by atoms with E-state index in [1.807, 2.05) is 58.0 Å². The Morgan fingerprint density at radius 2 is 1.64 bits per heavy atom. The first kappa shape index (κ1) is 18.6. The van der Waals surface area contributed by atoms with Crippen LogP contribution < -0.4 is 5.32 Å². The summed E-state index contributed by atoms with van der Waals surface area (Å²) >= 11 is 0. The van der Waals surface area contributed by atoms with Crippen LogP contribution in [-0.2, 0) is 9.31 Å². The quantitative estimate of drug-likeness (QED) is 0.796. The molecule has 1 saturated carbocycles. The fraction of sp³-hybridized carbons (Fsp3) is 0.600. The Balaban J connectivity index is 1.85. The summed E-state index contributed by atoms with van der Waals surface area (Å²) in [7, 11) is -0.953. The van der Waals surface area contributed by atoms with Crippen molar-refractivity contribution >= 4 is 12.7 Å². The average Bonchev–Trinajstić information content (AvgIpc) is 3.15. The summed E-state index contributed by atoms with van der Waals surface area (Å²) < 4.78 is 27.2. The molecule has 2 fully saturated rings. The van der Waals surface area contributed by atoms with E-state index in [0.717, 1.165) is 5.56 Å². The third kappa shape index (κ3) is 3.99. The molecule has 0 bridgehead atoms. The van der Waals surface area contributed by atoms with Crippen molar-refractivity contribution in [2.45, 2.75) is 70.6 Å². The minimum atomic E-state index is -0.953. The number of hydrogen-bond donors (Lipinski definition) is 1. The largest absolute Gasteiger partial charge is 0.525 e. The van der Waals surface area contributed by atoms with E-state index in [0.29, 0.717) is 18.2 Å². The Morgan fingerprint density at radius 1 is 1.08 bits per heavy atom. The van der Waals surface area contributed by atoms with Gasteiger partial charge in [-0.05, 0) is 46.1 Å². The first-order valence-corrected chi connectivity index (χ1v) is 9.33. The lowest BCUT2D eigenvalue weighted by Gasteiger charge is -2.32. The highest BCUT2D eigenvalue weighted by atomic mass is 19.1. The summed E-state index contributed by atoms with van der Waals surface area (Å²) in [5.41, 5.74) is 0.0901. The normalized spacial score (nSPS) is 23.8. The van der Waals surface area contributed by atoms with Gasteiger partial charge in [-0.1, -0.05) is 43.2 Å². The maximum Gasteiger partial charge on any atom is 0.525 e. The minimum absolute atomic E-state index is 0.324. The molecule has 2 aliphatic rings. The molecule has 136 valence electrons. The summed E-state index contributed by atoms with van der Waals surface area (Å²) in [6.07, 6.45) is 4.84. The van der Waals surface area contributed by atoms with Gasteiger partial charge in [-0.15, -0.1) is 0 Å². The number of halogens is 1. The van der Waals surface area contributed by atoms with Crippen molar-refractivity contribution in [1.29, 1.82) is 0 Å². The predicted octanol–water partition coefficient (Wildman–Crippen LogP) is 4.53.